The molecule has 0 aliphatic carbocycles. The number of aliphatic carboxylic acids is 1. The van der Waals surface area contributed by atoms with E-state index in [0.29, 0.717) is 11.8 Å². The summed E-state index contributed by atoms with van der Waals surface area (Å²) < 4.78 is 10.7. The van der Waals surface area contributed by atoms with Gasteiger partial charge in [-0.2, -0.15) is 0 Å². The number of fused-ring (bicyclic) bond motifs is 1. The summed E-state index contributed by atoms with van der Waals surface area (Å²) in [6.45, 7) is 4.94. The molecule has 5 nitrogen and oxygen atoms in total. The van der Waals surface area contributed by atoms with E-state index >= 15 is 0 Å². The SMILES string of the molecule is COc1cc2c(cc1OC)CN(C(C)C)C(CC(=O)O)C2. The van der Waals surface area contributed by atoms with E-state index in [1.807, 2.05) is 12.1 Å². The van der Waals surface area contributed by atoms with Crippen LogP contribution in [0.5, 0.6) is 11.5 Å². The minimum absolute atomic E-state index is 0.0214. The Balaban J connectivity index is 2.36. The lowest BCUT2D eigenvalue weighted by Crippen LogP contribution is -2.45. The molecule has 1 atom stereocenters. The quantitative estimate of drug-likeness (QED) is 0.903. The van der Waals surface area contributed by atoms with Crippen LogP contribution < -0.4 is 9.47 Å². The highest BCUT2D eigenvalue weighted by Crippen LogP contribution is 2.35. The van der Waals surface area contributed by atoms with Crippen LogP contribution in [0.25, 0.3) is 0 Å². The van der Waals surface area contributed by atoms with E-state index in [9.17, 15) is 4.79 Å². The Labute approximate surface area is 125 Å². The Kier molecular flexibility index (Phi) is 4.73. The molecule has 0 amide bonds. The van der Waals surface area contributed by atoms with Gasteiger partial charge in [0.05, 0.1) is 20.6 Å². The molecule has 1 aliphatic heterocycles. The van der Waals surface area contributed by atoms with Crippen molar-refractivity contribution in [2.24, 2.45) is 0 Å². The average Bonchev–Trinajstić information content (AvgIpc) is 2.44. The monoisotopic (exact) mass is 293 g/mol. The first kappa shape index (κ1) is 15.6. The molecule has 0 aromatic heterocycles. The first-order valence-electron chi connectivity index (χ1n) is 7.17. The standard InChI is InChI=1S/C16H23NO4/c1-10(2)17-9-12-7-15(21-4)14(20-3)6-11(12)5-13(17)8-16(18)19/h6-7,10,13H,5,8-9H2,1-4H3,(H,18,19). The van der Waals surface area contributed by atoms with Crippen molar-refractivity contribution in [1.29, 1.82) is 0 Å². The van der Waals surface area contributed by atoms with E-state index in [2.05, 4.69) is 18.7 Å². The van der Waals surface area contributed by atoms with Gasteiger partial charge in [0.25, 0.3) is 0 Å². The summed E-state index contributed by atoms with van der Waals surface area (Å²) in [6, 6.07) is 4.30. The fraction of sp³-hybridized carbons (Fsp3) is 0.562. The molecule has 0 saturated carbocycles. The fourth-order valence-corrected chi connectivity index (χ4v) is 2.99. The van der Waals surface area contributed by atoms with Crippen molar-refractivity contribution >= 4 is 5.97 Å². The van der Waals surface area contributed by atoms with Crippen LogP contribution in [-0.2, 0) is 17.8 Å². The third kappa shape index (κ3) is 3.29. The lowest BCUT2D eigenvalue weighted by atomic mass is 9.90. The zero-order chi connectivity index (χ0) is 15.6. The smallest absolute Gasteiger partial charge is 0.304 e. The number of carboxylic acid groups (broad SMARTS) is 1. The minimum atomic E-state index is -0.755. The zero-order valence-corrected chi connectivity index (χ0v) is 13.0. The van der Waals surface area contributed by atoms with Crippen LogP contribution in [0.3, 0.4) is 0 Å². The number of methoxy groups -OCH3 is 2. The highest BCUT2D eigenvalue weighted by molar-refractivity contribution is 5.67. The van der Waals surface area contributed by atoms with Crippen LogP contribution >= 0.6 is 0 Å². The molecule has 5 heteroatoms. The summed E-state index contributed by atoms with van der Waals surface area (Å²) in [7, 11) is 3.24. The van der Waals surface area contributed by atoms with Crippen molar-refractivity contribution in [3.05, 3.63) is 23.3 Å². The second kappa shape index (κ2) is 6.35. The number of nitrogens with zero attached hydrogens (tertiary/aromatic N) is 1. The van der Waals surface area contributed by atoms with Gasteiger partial charge in [-0.15, -0.1) is 0 Å². The largest absolute Gasteiger partial charge is 0.493 e. The molecule has 1 unspecified atom stereocenters. The summed E-state index contributed by atoms with van der Waals surface area (Å²) in [4.78, 5) is 13.3. The lowest BCUT2D eigenvalue weighted by Gasteiger charge is -2.39. The predicted molar refractivity (Wildman–Crippen MR) is 80.0 cm³/mol. The number of benzene rings is 1. The molecule has 1 aliphatic rings. The number of carboxylic acids is 1. The van der Waals surface area contributed by atoms with Gasteiger partial charge in [0.1, 0.15) is 0 Å². The van der Waals surface area contributed by atoms with Crippen molar-refractivity contribution in [3.63, 3.8) is 0 Å². The lowest BCUT2D eigenvalue weighted by molar-refractivity contribution is -0.138. The summed E-state index contributed by atoms with van der Waals surface area (Å²) >= 11 is 0. The number of rotatable bonds is 5. The fourth-order valence-electron chi connectivity index (χ4n) is 2.99. The van der Waals surface area contributed by atoms with Gasteiger partial charge in [0.2, 0.25) is 0 Å². The van der Waals surface area contributed by atoms with Crippen molar-refractivity contribution in [1.82, 2.24) is 4.90 Å². The van der Waals surface area contributed by atoms with E-state index in [0.717, 1.165) is 24.3 Å². The molecule has 1 N–H and O–H groups in total. The molecule has 21 heavy (non-hydrogen) atoms. The summed E-state index contributed by atoms with van der Waals surface area (Å²) in [5, 5.41) is 9.12. The van der Waals surface area contributed by atoms with Gasteiger partial charge in [-0.05, 0) is 43.5 Å². The topological polar surface area (TPSA) is 59.0 Å². The van der Waals surface area contributed by atoms with Crippen molar-refractivity contribution in [2.75, 3.05) is 14.2 Å². The molecule has 0 bridgehead atoms. The average molecular weight is 293 g/mol. The van der Waals surface area contributed by atoms with Gasteiger partial charge >= 0.3 is 5.97 Å². The van der Waals surface area contributed by atoms with Crippen LogP contribution in [0.4, 0.5) is 0 Å². The van der Waals surface area contributed by atoms with Gasteiger partial charge in [-0.3, -0.25) is 9.69 Å². The van der Waals surface area contributed by atoms with Gasteiger partial charge in [-0.25, -0.2) is 0 Å². The first-order chi connectivity index (χ1) is 9.96. The van der Waals surface area contributed by atoms with Crippen LogP contribution in [0, 0.1) is 0 Å². The van der Waals surface area contributed by atoms with Crippen molar-refractivity contribution in [3.8, 4) is 11.5 Å². The Morgan fingerprint density at radius 3 is 2.33 bits per heavy atom. The molecule has 0 fully saturated rings. The summed E-state index contributed by atoms with van der Waals surface area (Å²) in [5.41, 5.74) is 2.33. The van der Waals surface area contributed by atoms with E-state index in [1.165, 1.54) is 5.56 Å². The van der Waals surface area contributed by atoms with Crippen molar-refractivity contribution in [2.45, 2.75) is 45.3 Å². The predicted octanol–water partition coefficient (Wildman–Crippen LogP) is 2.31. The molecule has 1 aromatic rings. The number of carbonyl (C=O) groups is 1. The maximum Gasteiger partial charge on any atom is 0.304 e. The zero-order valence-electron chi connectivity index (χ0n) is 13.0. The summed E-state index contributed by atoms with van der Waals surface area (Å²) in [5.74, 6) is 0.662. The second-order valence-corrected chi connectivity index (χ2v) is 5.70. The third-order valence-corrected chi connectivity index (χ3v) is 4.06. The molecule has 0 spiro atoms. The van der Waals surface area contributed by atoms with Crippen LogP contribution in [-0.4, -0.2) is 42.3 Å². The Morgan fingerprint density at radius 1 is 1.29 bits per heavy atom. The van der Waals surface area contributed by atoms with Crippen molar-refractivity contribution < 1.29 is 19.4 Å². The van der Waals surface area contributed by atoms with Gasteiger partial charge < -0.3 is 14.6 Å². The van der Waals surface area contributed by atoms with E-state index in [-0.39, 0.29) is 12.5 Å². The van der Waals surface area contributed by atoms with Crippen LogP contribution in [0.2, 0.25) is 0 Å². The highest BCUT2D eigenvalue weighted by Gasteiger charge is 2.30. The van der Waals surface area contributed by atoms with E-state index < -0.39 is 5.97 Å². The molecular formula is C16H23NO4. The van der Waals surface area contributed by atoms with Gasteiger partial charge in [-0.1, -0.05) is 0 Å². The summed E-state index contributed by atoms with van der Waals surface area (Å²) in [6.07, 6.45) is 0.881. The second-order valence-electron chi connectivity index (χ2n) is 5.70. The number of hydrogen-bond acceptors (Lipinski definition) is 4. The normalized spacial score (nSPS) is 18.4. The van der Waals surface area contributed by atoms with Gasteiger partial charge in [0.15, 0.2) is 11.5 Å². The maximum atomic E-state index is 11.1. The van der Waals surface area contributed by atoms with Gasteiger partial charge in [0, 0.05) is 18.6 Å². The third-order valence-electron chi connectivity index (χ3n) is 4.06. The number of ether oxygens (including phenoxy) is 2. The maximum absolute atomic E-state index is 11.1. The first-order valence-corrected chi connectivity index (χ1v) is 7.17. The molecule has 2 rings (SSSR count). The van der Waals surface area contributed by atoms with Crippen LogP contribution in [0.15, 0.2) is 12.1 Å². The Morgan fingerprint density at radius 2 is 1.86 bits per heavy atom. The number of hydrogen-bond donors (Lipinski definition) is 1. The molecular weight excluding hydrogens is 270 g/mol. The van der Waals surface area contributed by atoms with E-state index in [1.54, 1.807) is 14.2 Å². The Hall–Kier alpha value is -1.75. The minimum Gasteiger partial charge on any atom is -0.493 e. The van der Waals surface area contributed by atoms with Crippen LogP contribution in [0.1, 0.15) is 31.4 Å². The highest BCUT2D eigenvalue weighted by atomic mass is 16.5. The molecule has 0 saturated heterocycles. The molecule has 1 aromatic carbocycles. The van der Waals surface area contributed by atoms with E-state index in [4.69, 9.17) is 14.6 Å². The Bertz CT molecular complexity index is 527. The molecule has 1 heterocycles. The molecule has 0 radical (unpaired) electrons. The molecule has 116 valence electrons.